The Labute approximate surface area is 181 Å². The standard InChI is InChI=1S/C24H29N3O2S/c1-4-13-26(15-18-11-9-16(2)10-12-18)24(29)21-17(3)20-22(30-21)25-19-8-6-5-7-14-27(19)23(20)28/h9-12H,4-8,13-15H2,1-3H3. The van der Waals surface area contributed by atoms with Crippen LogP contribution < -0.4 is 5.56 Å². The summed E-state index contributed by atoms with van der Waals surface area (Å²) in [5.41, 5.74) is 3.12. The van der Waals surface area contributed by atoms with Crippen molar-refractivity contribution in [3.05, 3.63) is 62.0 Å². The third-order valence-electron chi connectivity index (χ3n) is 5.88. The molecule has 158 valence electrons. The maximum atomic E-state index is 13.5. The van der Waals surface area contributed by atoms with E-state index >= 15 is 0 Å². The van der Waals surface area contributed by atoms with Gasteiger partial charge in [0.15, 0.2) is 0 Å². The highest BCUT2D eigenvalue weighted by Crippen LogP contribution is 2.30. The number of aryl methyl sites for hydroxylation is 3. The van der Waals surface area contributed by atoms with Crippen LogP contribution in [0.25, 0.3) is 10.2 Å². The smallest absolute Gasteiger partial charge is 0.264 e. The van der Waals surface area contributed by atoms with Crippen LogP contribution in [0.1, 0.15) is 64.8 Å². The zero-order valence-corrected chi connectivity index (χ0v) is 18.8. The van der Waals surface area contributed by atoms with E-state index in [9.17, 15) is 9.59 Å². The normalized spacial score (nSPS) is 13.8. The van der Waals surface area contributed by atoms with Crippen LogP contribution in [-0.2, 0) is 19.5 Å². The lowest BCUT2D eigenvalue weighted by atomic mass is 10.1. The molecule has 0 radical (unpaired) electrons. The van der Waals surface area contributed by atoms with Crippen LogP contribution in [0.4, 0.5) is 0 Å². The third kappa shape index (κ3) is 3.93. The average Bonchev–Trinajstić information content (AvgIpc) is 2.89. The molecule has 0 N–H and O–H groups in total. The van der Waals surface area contributed by atoms with Crippen molar-refractivity contribution < 1.29 is 4.79 Å². The van der Waals surface area contributed by atoms with E-state index in [-0.39, 0.29) is 11.5 Å². The number of hydrogen-bond donors (Lipinski definition) is 0. The maximum Gasteiger partial charge on any atom is 0.264 e. The minimum atomic E-state index is -0.00230. The molecule has 5 nitrogen and oxygen atoms in total. The molecular formula is C24H29N3O2S. The summed E-state index contributed by atoms with van der Waals surface area (Å²) in [7, 11) is 0. The fourth-order valence-electron chi connectivity index (χ4n) is 4.19. The average molecular weight is 424 g/mol. The Morgan fingerprint density at radius 3 is 2.67 bits per heavy atom. The van der Waals surface area contributed by atoms with E-state index < -0.39 is 0 Å². The van der Waals surface area contributed by atoms with Gasteiger partial charge in [-0.05, 0) is 44.2 Å². The Hall–Kier alpha value is -2.47. The van der Waals surface area contributed by atoms with E-state index in [0.29, 0.717) is 28.2 Å². The van der Waals surface area contributed by atoms with Gasteiger partial charge in [0.05, 0.1) is 10.3 Å². The predicted molar refractivity (Wildman–Crippen MR) is 122 cm³/mol. The van der Waals surface area contributed by atoms with E-state index in [2.05, 4.69) is 38.1 Å². The lowest BCUT2D eigenvalue weighted by Crippen LogP contribution is -2.31. The second-order valence-electron chi connectivity index (χ2n) is 8.24. The van der Waals surface area contributed by atoms with Gasteiger partial charge >= 0.3 is 0 Å². The Bertz CT molecular complexity index is 1130. The highest BCUT2D eigenvalue weighted by Gasteiger charge is 2.25. The number of nitrogens with zero attached hydrogens (tertiary/aromatic N) is 3. The fraction of sp³-hybridized carbons (Fsp3) is 0.458. The Kier molecular flexibility index (Phi) is 6.04. The molecule has 3 heterocycles. The second kappa shape index (κ2) is 8.72. The number of carbonyl (C=O) groups excluding carboxylic acids is 1. The first kappa shape index (κ1) is 20.8. The van der Waals surface area contributed by atoms with E-state index in [1.54, 1.807) is 0 Å². The first-order valence-corrected chi connectivity index (χ1v) is 11.7. The van der Waals surface area contributed by atoms with Gasteiger partial charge < -0.3 is 4.90 Å². The molecule has 0 saturated carbocycles. The number of benzene rings is 1. The molecule has 0 saturated heterocycles. The van der Waals surface area contributed by atoms with Gasteiger partial charge in [0, 0.05) is 26.1 Å². The molecule has 1 aliphatic rings. The van der Waals surface area contributed by atoms with Crippen LogP contribution in [-0.4, -0.2) is 26.9 Å². The van der Waals surface area contributed by atoms with Crippen molar-refractivity contribution in [2.24, 2.45) is 0 Å². The summed E-state index contributed by atoms with van der Waals surface area (Å²) in [6, 6.07) is 8.31. The van der Waals surface area contributed by atoms with Crippen LogP contribution in [0.3, 0.4) is 0 Å². The van der Waals surface area contributed by atoms with Crippen molar-refractivity contribution in [3.8, 4) is 0 Å². The van der Waals surface area contributed by atoms with Crippen LogP contribution in [0.15, 0.2) is 29.1 Å². The molecule has 4 rings (SSSR count). The Morgan fingerprint density at radius 1 is 1.17 bits per heavy atom. The molecule has 0 fully saturated rings. The lowest BCUT2D eigenvalue weighted by molar-refractivity contribution is 0.0747. The van der Waals surface area contributed by atoms with Crippen molar-refractivity contribution in [1.82, 2.24) is 14.5 Å². The van der Waals surface area contributed by atoms with Crippen molar-refractivity contribution in [1.29, 1.82) is 0 Å². The van der Waals surface area contributed by atoms with Gasteiger partial charge in [-0.25, -0.2) is 4.98 Å². The van der Waals surface area contributed by atoms with E-state index in [0.717, 1.165) is 55.6 Å². The number of amides is 1. The van der Waals surface area contributed by atoms with Gasteiger partial charge in [0.2, 0.25) is 0 Å². The van der Waals surface area contributed by atoms with Gasteiger partial charge in [-0.1, -0.05) is 43.2 Å². The summed E-state index contributed by atoms with van der Waals surface area (Å²) in [5.74, 6) is 0.868. The predicted octanol–water partition coefficient (Wildman–Crippen LogP) is 4.85. The molecule has 0 unspecified atom stereocenters. The van der Waals surface area contributed by atoms with Gasteiger partial charge in [-0.15, -0.1) is 11.3 Å². The summed E-state index contributed by atoms with van der Waals surface area (Å²) in [6.45, 7) is 8.03. The fourth-order valence-corrected chi connectivity index (χ4v) is 5.35. The molecule has 0 bridgehead atoms. The summed E-state index contributed by atoms with van der Waals surface area (Å²) < 4.78 is 1.83. The summed E-state index contributed by atoms with van der Waals surface area (Å²) in [4.78, 5) is 34.8. The van der Waals surface area contributed by atoms with Crippen molar-refractivity contribution in [3.63, 3.8) is 0 Å². The molecule has 30 heavy (non-hydrogen) atoms. The summed E-state index contributed by atoms with van der Waals surface area (Å²) >= 11 is 1.38. The molecule has 0 atom stereocenters. The lowest BCUT2D eigenvalue weighted by Gasteiger charge is -2.22. The molecule has 6 heteroatoms. The van der Waals surface area contributed by atoms with Crippen LogP contribution in [0.2, 0.25) is 0 Å². The molecular weight excluding hydrogens is 394 g/mol. The van der Waals surface area contributed by atoms with E-state index in [4.69, 9.17) is 4.98 Å². The SMILES string of the molecule is CCCN(Cc1ccc(C)cc1)C(=O)c1sc2nc3n(c(=O)c2c1C)CCCCC3. The first-order chi connectivity index (χ1) is 14.5. The minimum absolute atomic E-state index is 0.00230. The second-order valence-corrected chi connectivity index (χ2v) is 9.24. The number of carbonyl (C=O) groups is 1. The van der Waals surface area contributed by atoms with Crippen molar-refractivity contribution in [2.45, 2.75) is 66.0 Å². The summed E-state index contributed by atoms with van der Waals surface area (Å²) in [6.07, 6.45) is 4.92. The highest BCUT2D eigenvalue weighted by atomic mass is 32.1. The highest BCUT2D eigenvalue weighted by molar-refractivity contribution is 7.20. The minimum Gasteiger partial charge on any atom is -0.334 e. The zero-order chi connectivity index (χ0) is 21.3. The molecule has 1 amide bonds. The van der Waals surface area contributed by atoms with Crippen LogP contribution in [0, 0.1) is 13.8 Å². The molecule has 2 aromatic heterocycles. The number of fused-ring (bicyclic) bond motifs is 2. The topological polar surface area (TPSA) is 55.2 Å². The monoisotopic (exact) mass is 423 g/mol. The molecule has 0 spiro atoms. The zero-order valence-electron chi connectivity index (χ0n) is 18.0. The van der Waals surface area contributed by atoms with E-state index in [1.807, 2.05) is 16.4 Å². The Morgan fingerprint density at radius 2 is 1.93 bits per heavy atom. The first-order valence-electron chi connectivity index (χ1n) is 10.9. The number of thiophene rings is 1. The maximum absolute atomic E-state index is 13.5. The Balaban J connectivity index is 1.72. The quantitative estimate of drug-likeness (QED) is 0.589. The van der Waals surface area contributed by atoms with E-state index in [1.165, 1.54) is 16.9 Å². The third-order valence-corrected chi connectivity index (χ3v) is 7.05. The number of rotatable bonds is 5. The van der Waals surface area contributed by atoms with Gasteiger partial charge in [-0.2, -0.15) is 0 Å². The van der Waals surface area contributed by atoms with Crippen molar-refractivity contribution >= 4 is 27.5 Å². The number of aromatic nitrogens is 2. The molecule has 0 aliphatic carbocycles. The molecule has 3 aromatic rings. The van der Waals surface area contributed by atoms with Crippen LogP contribution >= 0.6 is 11.3 Å². The van der Waals surface area contributed by atoms with Gasteiger partial charge in [-0.3, -0.25) is 14.2 Å². The molecule has 1 aliphatic heterocycles. The number of hydrogen-bond acceptors (Lipinski definition) is 4. The van der Waals surface area contributed by atoms with Gasteiger partial charge in [0.1, 0.15) is 10.7 Å². The van der Waals surface area contributed by atoms with Crippen molar-refractivity contribution in [2.75, 3.05) is 6.54 Å². The summed E-state index contributed by atoms with van der Waals surface area (Å²) in [5, 5.41) is 0.626. The van der Waals surface area contributed by atoms with Crippen LogP contribution in [0.5, 0.6) is 0 Å². The largest absolute Gasteiger partial charge is 0.334 e. The molecule has 1 aromatic carbocycles. The van der Waals surface area contributed by atoms with Gasteiger partial charge in [0.25, 0.3) is 11.5 Å².